The van der Waals surface area contributed by atoms with Crippen LogP contribution in [0.2, 0.25) is 0 Å². The molecule has 0 bridgehead atoms. The van der Waals surface area contributed by atoms with Crippen LogP contribution in [0.25, 0.3) is 0 Å². The average Bonchev–Trinajstić information content (AvgIpc) is 2.42. The lowest BCUT2D eigenvalue weighted by atomic mass is 10.1. The van der Waals surface area contributed by atoms with Gasteiger partial charge in [0.1, 0.15) is 5.82 Å². The topological polar surface area (TPSA) is 50.9 Å². The number of nitrogens with zero attached hydrogens (tertiary/aromatic N) is 1. The molecule has 1 heterocycles. The van der Waals surface area contributed by atoms with Gasteiger partial charge in [-0.1, -0.05) is 24.3 Å². The minimum absolute atomic E-state index is 0.694. The quantitative estimate of drug-likeness (QED) is 0.889. The molecule has 0 amide bonds. The third-order valence-electron chi connectivity index (χ3n) is 2.98. The Kier molecular flexibility index (Phi) is 4.93. The van der Waals surface area contributed by atoms with Crippen LogP contribution in [0.4, 0.5) is 5.82 Å². The van der Waals surface area contributed by atoms with Crippen LogP contribution >= 0.6 is 15.9 Å². The van der Waals surface area contributed by atoms with Gasteiger partial charge in [0.15, 0.2) is 0 Å². The molecule has 0 saturated carbocycles. The van der Waals surface area contributed by atoms with Crippen molar-refractivity contribution >= 4 is 21.7 Å². The van der Waals surface area contributed by atoms with Gasteiger partial charge >= 0.3 is 0 Å². The van der Waals surface area contributed by atoms with Crippen LogP contribution in [0.5, 0.6) is 0 Å². The van der Waals surface area contributed by atoms with Gasteiger partial charge in [-0.3, -0.25) is 0 Å². The third-order valence-corrected chi connectivity index (χ3v) is 3.81. The average molecular weight is 320 g/mol. The van der Waals surface area contributed by atoms with Crippen LogP contribution < -0.4 is 11.1 Å². The van der Waals surface area contributed by atoms with Crippen LogP contribution in [-0.2, 0) is 13.0 Å². The second-order valence-electron chi connectivity index (χ2n) is 4.53. The number of rotatable bonds is 5. The van der Waals surface area contributed by atoms with E-state index in [0.29, 0.717) is 6.54 Å². The molecule has 1 aromatic heterocycles. The molecule has 0 spiro atoms. The first-order valence-electron chi connectivity index (χ1n) is 6.33. The van der Waals surface area contributed by atoms with Crippen LogP contribution in [0, 0.1) is 6.92 Å². The van der Waals surface area contributed by atoms with Crippen molar-refractivity contribution in [1.29, 1.82) is 0 Å². The smallest absolute Gasteiger partial charge is 0.126 e. The summed E-state index contributed by atoms with van der Waals surface area (Å²) < 4.78 is 1.03. The SMILES string of the molecule is Cc1cc(NCc2ccc(CCN)cc2)ncc1Br. The molecule has 0 atom stereocenters. The first kappa shape index (κ1) is 14.0. The second-order valence-corrected chi connectivity index (χ2v) is 5.38. The summed E-state index contributed by atoms with van der Waals surface area (Å²) >= 11 is 3.45. The monoisotopic (exact) mass is 319 g/mol. The van der Waals surface area contributed by atoms with Crippen molar-refractivity contribution in [3.63, 3.8) is 0 Å². The number of aryl methyl sites for hydroxylation is 1. The number of anilines is 1. The summed E-state index contributed by atoms with van der Waals surface area (Å²) in [5.74, 6) is 0.895. The predicted octanol–water partition coefficient (Wildman–Crippen LogP) is 3.27. The first-order chi connectivity index (χ1) is 9.19. The summed E-state index contributed by atoms with van der Waals surface area (Å²) in [5, 5.41) is 3.32. The highest BCUT2D eigenvalue weighted by Gasteiger charge is 1.99. The van der Waals surface area contributed by atoms with Gasteiger partial charge in [0.25, 0.3) is 0 Å². The van der Waals surface area contributed by atoms with Gasteiger partial charge in [0, 0.05) is 17.2 Å². The van der Waals surface area contributed by atoms with Gasteiger partial charge in [0.05, 0.1) is 0 Å². The summed E-state index contributed by atoms with van der Waals surface area (Å²) in [6.45, 7) is 3.52. The molecule has 2 aromatic rings. The molecule has 2 rings (SSSR count). The summed E-state index contributed by atoms with van der Waals surface area (Å²) in [6, 6.07) is 10.6. The fraction of sp³-hybridized carbons (Fsp3) is 0.267. The molecule has 4 heteroatoms. The number of nitrogens with two attached hydrogens (primary N) is 1. The molecule has 0 aliphatic rings. The maximum absolute atomic E-state index is 5.54. The lowest BCUT2D eigenvalue weighted by Gasteiger charge is -2.08. The Hall–Kier alpha value is -1.39. The Balaban J connectivity index is 1.96. The summed E-state index contributed by atoms with van der Waals surface area (Å²) in [7, 11) is 0. The highest BCUT2D eigenvalue weighted by Crippen LogP contribution is 2.17. The molecule has 0 fully saturated rings. The number of halogens is 1. The molecule has 1 aromatic carbocycles. The van der Waals surface area contributed by atoms with Crippen LogP contribution in [-0.4, -0.2) is 11.5 Å². The van der Waals surface area contributed by atoms with E-state index in [4.69, 9.17) is 5.73 Å². The van der Waals surface area contributed by atoms with Crippen LogP contribution in [0.3, 0.4) is 0 Å². The van der Waals surface area contributed by atoms with E-state index in [1.807, 2.05) is 12.3 Å². The Bertz CT molecular complexity index is 538. The number of pyridine rings is 1. The van der Waals surface area contributed by atoms with Gasteiger partial charge in [-0.15, -0.1) is 0 Å². The van der Waals surface area contributed by atoms with E-state index >= 15 is 0 Å². The van der Waals surface area contributed by atoms with Crippen molar-refractivity contribution in [3.05, 3.63) is 57.7 Å². The third kappa shape index (κ3) is 4.04. The Labute approximate surface area is 122 Å². The standard InChI is InChI=1S/C15H18BrN3/c1-11-8-15(19-10-14(11)16)18-9-13-4-2-12(3-5-13)6-7-17/h2-5,8,10H,6-7,9,17H2,1H3,(H,18,19). The Morgan fingerprint density at radius 3 is 2.53 bits per heavy atom. The second kappa shape index (κ2) is 6.68. The van der Waals surface area contributed by atoms with E-state index in [9.17, 15) is 0 Å². The zero-order chi connectivity index (χ0) is 13.7. The summed E-state index contributed by atoms with van der Waals surface area (Å²) in [5.41, 5.74) is 9.23. The molecule has 0 unspecified atom stereocenters. The predicted molar refractivity (Wildman–Crippen MR) is 83.2 cm³/mol. The molecule has 3 N–H and O–H groups in total. The number of hydrogen-bond acceptors (Lipinski definition) is 3. The van der Waals surface area contributed by atoms with Gasteiger partial charge in [-0.2, -0.15) is 0 Å². The number of aromatic nitrogens is 1. The molecule has 3 nitrogen and oxygen atoms in total. The lowest BCUT2D eigenvalue weighted by molar-refractivity contribution is 0.965. The van der Waals surface area contributed by atoms with Crippen molar-refractivity contribution in [2.45, 2.75) is 19.9 Å². The van der Waals surface area contributed by atoms with Crippen molar-refractivity contribution in [2.75, 3.05) is 11.9 Å². The largest absolute Gasteiger partial charge is 0.366 e. The highest BCUT2D eigenvalue weighted by atomic mass is 79.9. The van der Waals surface area contributed by atoms with Crippen LogP contribution in [0.1, 0.15) is 16.7 Å². The van der Waals surface area contributed by atoms with Crippen LogP contribution in [0.15, 0.2) is 41.0 Å². The van der Waals surface area contributed by atoms with E-state index in [1.54, 1.807) is 0 Å². The molecule has 0 aliphatic heterocycles. The zero-order valence-electron chi connectivity index (χ0n) is 11.0. The molecule has 100 valence electrons. The molecule has 19 heavy (non-hydrogen) atoms. The zero-order valence-corrected chi connectivity index (χ0v) is 12.6. The van der Waals surface area contributed by atoms with Crippen molar-refractivity contribution in [2.24, 2.45) is 5.73 Å². The fourth-order valence-electron chi connectivity index (χ4n) is 1.82. The van der Waals surface area contributed by atoms with E-state index in [0.717, 1.165) is 23.3 Å². The number of hydrogen-bond donors (Lipinski definition) is 2. The van der Waals surface area contributed by atoms with Gasteiger partial charge in [0.2, 0.25) is 0 Å². The maximum Gasteiger partial charge on any atom is 0.126 e. The molecule has 0 saturated heterocycles. The van der Waals surface area contributed by atoms with Crippen molar-refractivity contribution in [3.8, 4) is 0 Å². The number of nitrogens with one attached hydrogen (secondary N) is 1. The lowest BCUT2D eigenvalue weighted by Crippen LogP contribution is -2.04. The van der Waals surface area contributed by atoms with E-state index in [1.165, 1.54) is 16.7 Å². The van der Waals surface area contributed by atoms with Gasteiger partial charge in [-0.05, 0) is 58.6 Å². The molecular formula is C15H18BrN3. The van der Waals surface area contributed by atoms with Gasteiger partial charge < -0.3 is 11.1 Å². The maximum atomic E-state index is 5.54. The van der Waals surface area contributed by atoms with E-state index in [2.05, 4.69) is 57.4 Å². The summed E-state index contributed by atoms with van der Waals surface area (Å²) in [4.78, 5) is 4.33. The minimum atomic E-state index is 0.694. The molecule has 0 aliphatic carbocycles. The Morgan fingerprint density at radius 2 is 1.89 bits per heavy atom. The van der Waals surface area contributed by atoms with Gasteiger partial charge in [-0.25, -0.2) is 4.98 Å². The number of benzene rings is 1. The normalized spacial score (nSPS) is 10.5. The minimum Gasteiger partial charge on any atom is -0.366 e. The fourth-order valence-corrected chi connectivity index (χ4v) is 2.04. The van der Waals surface area contributed by atoms with E-state index in [-0.39, 0.29) is 0 Å². The first-order valence-corrected chi connectivity index (χ1v) is 7.12. The molecular weight excluding hydrogens is 302 g/mol. The summed E-state index contributed by atoms with van der Waals surface area (Å²) in [6.07, 6.45) is 2.75. The van der Waals surface area contributed by atoms with Crippen molar-refractivity contribution < 1.29 is 0 Å². The highest BCUT2D eigenvalue weighted by molar-refractivity contribution is 9.10. The molecule has 0 radical (unpaired) electrons. The van der Waals surface area contributed by atoms with Crippen molar-refractivity contribution in [1.82, 2.24) is 4.98 Å². The van der Waals surface area contributed by atoms with E-state index < -0.39 is 0 Å². The Morgan fingerprint density at radius 1 is 1.21 bits per heavy atom.